The Kier molecular flexibility index (Phi) is 5.64. The average molecular weight is 480 g/mol. The van der Waals surface area contributed by atoms with E-state index in [9.17, 15) is 18.4 Å². The van der Waals surface area contributed by atoms with E-state index in [0.29, 0.717) is 46.3 Å². The number of nitrogens with one attached hydrogen (secondary N) is 2. The maximum absolute atomic E-state index is 13.6. The predicted molar refractivity (Wildman–Crippen MR) is 128 cm³/mol. The van der Waals surface area contributed by atoms with Crippen molar-refractivity contribution in [3.8, 4) is 0 Å². The van der Waals surface area contributed by atoms with Gasteiger partial charge in [-0.15, -0.1) is 0 Å². The first-order chi connectivity index (χ1) is 16.2. The molecule has 2 N–H and O–H groups in total. The molecule has 2 heterocycles. The SMILES string of the molecule is CC1(C)CC(=O)C2=C(C1)Nc1nc(SCc3cccc(F)c3)[nH]c(=O)c1[C@H]2c1ccc(F)cc1. The number of carbonyl (C=O) groups excluding carboxylic acids is 1. The summed E-state index contributed by atoms with van der Waals surface area (Å²) in [5.41, 5.74) is 2.48. The maximum atomic E-state index is 13.6. The third-order valence-electron chi connectivity index (χ3n) is 6.17. The molecule has 8 heteroatoms. The van der Waals surface area contributed by atoms with Gasteiger partial charge in [0.05, 0.1) is 5.56 Å². The molecular weight excluding hydrogens is 456 g/mol. The summed E-state index contributed by atoms with van der Waals surface area (Å²) in [6, 6.07) is 12.2. The van der Waals surface area contributed by atoms with E-state index in [1.165, 1.54) is 36.0 Å². The van der Waals surface area contributed by atoms with Gasteiger partial charge >= 0.3 is 0 Å². The number of ketones is 1. The Labute approximate surface area is 199 Å². The smallest absolute Gasteiger partial charge is 0.257 e. The lowest BCUT2D eigenvalue weighted by atomic mass is 9.69. The van der Waals surface area contributed by atoms with Crippen molar-refractivity contribution in [3.05, 3.63) is 98.5 Å². The zero-order chi connectivity index (χ0) is 24.0. The van der Waals surface area contributed by atoms with E-state index in [0.717, 1.165) is 11.3 Å². The van der Waals surface area contributed by atoms with Crippen LogP contribution < -0.4 is 10.9 Å². The van der Waals surface area contributed by atoms with Crippen LogP contribution in [-0.2, 0) is 10.5 Å². The molecule has 0 saturated heterocycles. The summed E-state index contributed by atoms with van der Waals surface area (Å²) < 4.78 is 27.2. The molecule has 3 aromatic rings. The van der Waals surface area contributed by atoms with Gasteiger partial charge in [0.1, 0.15) is 17.5 Å². The Morgan fingerprint density at radius 2 is 1.82 bits per heavy atom. The number of anilines is 1. The lowest BCUT2D eigenvalue weighted by Crippen LogP contribution is -2.37. The highest BCUT2D eigenvalue weighted by atomic mass is 32.2. The fraction of sp³-hybridized carbons (Fsp3) is 0.269. The third kappa shape index (κ3) is 4.30. The number of nitrogens with zero attached hydrogens (tertiary/aromatic N) is 1. The second-order valence-corrected chi connectivity index (χ2v) is 10.5. The van der Waals surface area contributed by atoms with Crippen LogP contribution in [0.1, 0.15) is 49.3 Å². The lowest BCUT2D eigenvalue weighted by Gasteiger charge is -2.38. The van der Waals surface area contributed by atoms with Crippen molar-refractivity contribution >= 4 is 23.4 Å². The number of aromatic amines is 1. The summed E-state index contributed by atoms with van der Waals surface area (Å²) in [6.07, 6.45) is 0.999. The standard InChI is InChI=1S/C26H23F2N3O2S/c1-26(2)11-18-21(19(32)12-26)20(15-6-8-16(27)9-7-15)22-23(29-18)30-25(31-24(22)33)34-13-14-4-3-5-17(28)10-14/h3-10,20H,11-13H2,1-2H3,(H2,29,30,31,33)/t20-/m0/s1. The minimum Gasteiger partial charge on any atom is -0.343 e. The third-order valence-corrected chi connectivity index (χ3v) is 7.11. The molecule has 1 aliphatic carbocycles. The molecule has 1 atom stereocenters. The molecule has 0 fully saturated rings. The van der Waals surface area contributed by atoms with E-state index in [1.807, 2.05) is 19.9 Å². The highest BCUT2D eigenvalue weighted by molar-refractivity contribution is 7.98. The molecule has 0 amide bonds. The molecule has 1 aliphatic heterocycles. The molecule has 5 rings (SSSR count). The van der Waals surface area contributed by atoms with Gasteiger partial charge in [-0.25, -0.2) is 13.8 Å². The van der Waals surface area contributed by atoms with Crippen molar-refractivity contribution in [3.63, 3.8) is 0 Å². The topological polar surface area (TPSA) is 74.8 Å². The molecule has 2 aliphatic rings. The van der Waals surface area contributed by atoms with Crippen LogP contribution in [0.2, 0.25) is 0 Å². The number of rotatable bonds is 4. The van der Waals surface area contributed by atoms with E-state index in [4.69, 9.17) is 0 Å². The first-order valence-electron chi connectivity index (χ1n) is 11.0. The van der Waals surface area contributed by atoms with Gasteiger partial charge in [-0.2, -0.15) is 0 Å². The molecule has 34 heavy (non-hydrogen) atoms. The van der Waals surface area contributed by atoms with Crippen molar-refractivity contribution in [2.45, 2.75) is 43.5 Å². The number of hydrogen-bond donors (Lipinski definition) is 2. The molecule has 0 unspecified atom stereocenters. The number of thioether (sulfide) groups is 1. The second kappa shape index (κ2) is 8.51. The van der Waals surface area contributed by atoms with Crippen LogP contribution in [0.25, 0.3) is 0 Å². The number of carbonyl (C=O) groups is 1. The Balaban J connectivity index is 1.58. The van der Waals surface area contributed by atoms with Gasteiger partial charge in [-0.05, 0) is 47.2 Å². The summed E-state index contributed by atoms with van der Waals surface area (Å²) in [6.45, 7) is 4.06. The fourth-order valence-corrected chi connectivity index (χ4v) is 5.53. The first kappa shape index (κ1) is 22.5. The van der Waals surface area contributed by atoms with E-state index < -0.39 is 5.92 Å². The number of allylic oxidation sites excluding steroid dienone is 2. The summed E-state index contributed by atoms with van der Waals surface area (Å²) >= 11 is 1.29. The molecule has 0 saturated carbocycles. The second-order valence-electron chi connectivity index (χ2n) is 9.49. The number of halogens is 2. The fourth-order valence-electron chi connectivity index (χ4n) is 4.73. The zero-order valence-corrected chi connectivity index (χ0v) is 19.6. The largest absolute Gasteiger partial charge is 0.343 e. The van der Waals surface area contributed by atoms with Crippen LogP contribution in [0.5, 0.6) is 0 Å². The van der Waals surface area contributed by atoms with Crippen molar-refractivity contribution in [1.29, 1.82) is 0 Å². The Morgan fingerprint density at radius 3 is 2.56 bits per heavy atom. The van der Waals surface area contributed by atoms with Crippen molar-refractivity contribution < 1.29 is 13.6 Å². The van der Waals surface area contributed by atoms with Crippen molar-refractivity contribution in [2.75, 3.05) is 5.32 Å². The molecule has 1 aromatic heterocycles. The minimum atomic E-state index is -0.631. The van der Waals surface area contributed by atoms with Gasteiger partial charge in [0.25, 0.3) is 5.56 Å². The summed E-state index contributed by atoms with van der Waals surface area (Å²) in [5.74, 6) is -0.543. The Hall–Kier alpha value is -3.26. The molecule has 174 valence electrons. The summed E-state index contributed by atoms with van der Waals surface area (Å²) in [5, 5.41) is 3.66. The minimum absolute atomic E-state index is 0.0253. The lowest BCUT2D eigenvalue weighted by molar-refractivity contribution is -0.118. The van der Waals surface area contributed by atoms with Crippen LogP contribution >= 0.6 is 11.8 Å². The maximum Gasteiger partial charge on any atom is 0.257 e. The molecule has 0 spiro atoms. The highest BCUT2D eigenvalue weighted by Crippen LogP contribution is 2.47. The predicted octanol–water partition coefficient (Wildman–Crippen LogP) is 5.54. The van der Waals surface area contributed by atoms with Crippen LogP contribution in [0.3, 0.4) is 0 Å². The molecule has 0 radical (unpaired) electrons. The number of Topliss-reactive ketones (excluding diaryl/α,β-unsaturated/α-hetero) is 1. The molecule has 0 bridgehead atoms. The average Bonchev–Trinajstić information content (AvgIpc) is 2.76. The number of fused-ring (bicyclic) bond motifs is 1. The van der Waals surface area contributed by atoms with E-state index >= 15 is 0 Å². The van der Waals surface area contributed by atoms with Gasteiger partial charge in [-0.1, -0.05) is 49.9 Å². The van der Waals surface area contributed by atoms with E-state index in [2.05, 4.69) is 15.3 Å². The van der Waals surface area contributed by atoms with Gasteiger partial charge < -0.3 is 10.3 Å². The summed E-state index contributed by atoms with van der Waals surface area (Å²) in [4.78, 5) is 34.0. The number of hydrogen-bond acceptors (Lipinski definition) is 5. The van der Waals surface area contributed by atoms with E-state index in [1.54, 1.807) is 18.2 Å². The van der Waals surface area contributed by atoms with Crippen LogP contribution in [-0.4, -0.2) is 15.8 Å². The number of H-pyrrole nitrogens is 1. The monoisotopic (exact) mass is 479 g/mol. The Morgan fingerprint density at radius 1 is 1.06 bits per heavy atom. The molecule has 2 aromatic carbocycles. The van der Waals surface area contributed by atoms with E-state index in [-0.39, 0.29) is 28.4 Å². The quantitative estimate of drug-likeness (QED) is 0.380. The van der Waals surface area contributed by atoms with Gasteiger partial charge in [0.15, 0.2) is 10.9 Å². The van der Waals surface area contributed by atoms with Crippen LogP contribution in [0, 0.1) is 17.0 Å². The zero-order valence-electron chi connectivity index (χ0n) is 18.7. The van der Waals surface area contributed by atoms with Crippen molar-refractivity contribution in [2.24, 2.45) is 5.41 Å². The van der Waals surface area contributed by atoms with Crippen LogP contribution in [0.4, 0.5) is 14.6 Å². The normalized spacial score (nSPS) is 18.8. The Bertz CT molecular complexity index is 1380. The number of benzene rings is 2. The highest BCUT2D eigenvalue weighted by Gasteiger charge is 2.42. The first-order valence-corrected chi connectivity index (χ1v) is 12.0. The van der Waals surface area contributed by atoms with Gasteiger partial charge in [0.2, 0.25) is 0 Å². The molecule has 5 nitrogen and oxygen atoms in total. The number of aromatic nitrogens is 2. The van der Waals surface area contributed by atoms with Gasteiger partial charge in [-0.3, -0.25) is 9.59 Å². The summed E-state index contributed by atoms with van der Waals surface area (Å²) in [7, 11) is 0. The van der Waals surface area contributed by atoms with Gasteiger partial charge in [0, 0.05) is 29.4 Å². The molecular formula is C26H23F2N3O2S. The van der Waals surface area contributed by atoms with Crippen LogP contribution in [0.15, 0.2) is 69.8 Å². The van der Waals surface area contributed by atoms with Crippen molar-refractivity contribution in [1.82, 2.24) is 9.97 Å².